The lowest BCUT2D eigenvalue weighted by molar-refractivity contribution is -0.141. The molecule has 0 radical (unpaired) electrons. The number of nitrogens with zero attached hydrogens (tertiary/aromatic N) is 3. The number of fused-ring (bicyclic) bond motifs is 1. The third kappa shape index (κ3) is 3.52. The zero-order chi connectivity index (χ0) is 18.3. The number of rotatable bonds is 4. The summed E-state index contributed by atoms with van der Waals surface area (Å²) in [5.41, 5.74) is 0.521. The molecule has 1 saturated heterocycles. The molecule has 2 N–H and O–H groups in total. The number of nitrogens with one attached hydrogen (secondary N) is 2. The summed E-state index contributed by atoms with van der Waals surface area (Å²) in [4.78, 5) is 23.7. The van der Waals surface area contributed by atoms with Crippen LogP contribution in [0, 0.1) is 5.92 Å². The molecule has 3 heterocycles. The van der Waals surface area contributed by atoms with Crippen LogP contribution in [0.4, 0.5) is 13.2 Å². The van der Waals surface area contributed by atoms with Crippen LogP contribution in [-0.2, 0) is 17.5 Å². The molecule has 0 unspecified atom stereocenters. The second-order valence-electron chi connectivity index (χ2n) is 6.60. The van der Waals surface area contributed by atoms with E-state index in [-0.39, 0.29) is 18.5 Å². The largest absolute Gasteiger partial charge is 0.433 e. The van der Waals surface area contributed by atoms with E-state index in [0.717, 1.165) is 25.1 Å². The van der Waals surface area contributed by atoms with Gasteiger partial charge in [-0.05, 0) is 37.0 Å². The van der Waals surface area contributed by atoms with E-state index in [1.807, 2.05) is 0 Å². The van der Waals surface area contributed by atoms with E-state index in [1.165, 1.54) is 12.4 Å². The first kappa shape index (κ1) is 16.9. The molecular weight excluding hydrogens is 347 g/mol. The van der Waals surface area contributed by atoms with Gasteiger partial charge in [-0.25, -0.2) is 9.97 Å². The zero-order valence-electron chi connectivity index (χ0n) is 13.6. The number of carbonyl (C=O) groups excluding carboxylic acids is 1. The van der Waals surface area contributed by atoms with E-state index in [4.69, 9.17) is 0 Å². The predicted octanol–water partition coefficient (Wildman–Crippen LogP) is 1.92. The van der Waals surface area contributed by atoms with E-state index >= 15 is 0 Å². The first-order valence-corrected chi connectivity index (χ1v) is 8.28. The molecule has 0 aromatic carbocycles. The van der Waals surface area contributed by atoms with Gasteiger partial charge in [0.25, 0.3) is 0 Å². The molecule has 9 heteroatoms. The first-order chi connectivity index (χ1) is 12.4. The molecule has 0 bridgehead atoms. The maximum Gasteiger partial charge on any atom is 0.433 e. The van der Waals surface area contributed by atoms with Crippen molar-refractivity contribution in [1.29, 1.82) is 0 Å². The zero-order valence-corrected chi connectivity index (χ0v) is 13.6. The normalized spacial score (nSPS) is 24.2. The van der Waals surface area contributed by atoms with Crippen LogP contribution in [0.15, 0.2) is 30.7 Å². The highest BCUT2D eigenvalue weighted by atomic mass is 19.4. The van der Waals surface area contributed by atoms with E-state index in [0.29, 0.717) is 28.9 Å². The van der Waals surface area contributed by atoms with Crippen LogP contribution in [0.5, 0.6) is 0 Å². The SMILES string of the molecule is O=C(NCc1cc(-c2ccc(C(F)(F)F)nc2)ncn1)[C@@H]1C[C@H]2C[C@H]2N1. The molecule has 2 aromatic rings. The minimum atomic E-state index is -4.48. The molecule has 1 saturated carbocycles. The van der Waals surface area contributed by atoms with Crippen LogP contribution in [0.2, 0.25) is 0 Å². The Morgan fingerprint density at radius 3 is 2.73 bits per heavy atom. The maximum atomic E-state index is 12.6. The highest BCUT2D eigenvalue weighted by Crippen LogP contribution is 2.40. The molecule has 0 spiro atoms. The minimum Gasteiger partial charge on any atom is -0.349 e. The van der Waals surface area contributed by atoms with Gasteiger partial charge in [0.15, 0.2) is 0 Å². The molecule has 2 fully saturated rings. The Morgan fingerprint density at radius 1 is 1.23 bits per heavy atom. The summed E-state index contributed by atoms with van der Waals surface area (Å²) >= 11 is 0. The maximum absolute atomic E-state index is 12.6. The van der Waals surface area contributed by atoms with Gasteiger partial charge in [-0.3, -0.25) is 9.78 Å². The van der Waals surface area contributed by atoms with Crippen molar-refractivity contribution in [3.05, 3.63) is 42.1 Å². The summed E-state index contributed by atoms with van der Waals surface area (Å²) in [7, 11) is 0. The first-order valence-electron chi connectivity index (χ1n) is 8.28. The number of halogens is 3. The van der Waals surface area contributed by atoms with Crippen molar-refractivity contribution in [2.75, 3.05) is 0 Å². The highest BCUT2D eigenvalue weighted by molar-refractivity contribution is 5.82. The van der Waals surface area contributed by atoms with Crippen LogP contribution < -0.4 is 10.6 Å². The fraction of sp³-hybridized carbons (Fsp3) is 0.412. The van der Waals surface area contributed by atoms with Gasteiger partial charge in [-0.15, -0.1) is 0 Å². The van der Waals surface area contributed by atoms with Gasteiger partial charge in [0, 0.05) is 17.8 Å². The minimum absolute atomic E-state index is 0.0615. The van der Waals surface area contributed by atoms with Gasteiger partial charge < -0.3 is 10.6 Å². The fourth-order valence-electron chi connectivity index (χ4n) is 3.19. The van der Waals surface area contributed by atoms with Gasteiger partial charge in [-0.2, -0.15) is 13.2 Å². The van der Waals surface area contributed by atoms with Gasteiger partial charge in [-0.1, -0.05) is 0 Å². The fourth-order valence-corrected chi connectivity index (χ4v) is 3.19. The third-order valence-corrected chi connectivity index (χ3v) is 4.71. The van der Waals surface area contributed by atoms with Crippen LogP contribution in [0.1, 0.15) is 24.2 Å². The van der Waals surface area contributed by atoms with Gasteiger partial charge in [0.05, 0.1) is 24.0 Å². The summed E-state index contributed by atoms with van der Waals surface area (Å²) in [6.07, 6.45) is -0.0167. The number of alkyl halides is 3. The monoisotopic (exact) mass is 363 g/mol. The second kappa shape index (κ2) is 6.31. The molecule has 1 aliphatic carbocycles. The Balaban J connectivity index is 1.40. The summed E-state index contributed by atoms with van der Waals surface area (Å²) in [5.74, 6) is 0.567. The van der Waals surface area contributed by atoms with Crippen molar-refractivity contribution < 1.29 is 18.0 Å². The molecule has 1 aliphatic heterocycles. The van der Waals surface area contributed by atoms with Crippen LogP contribution in [-0.4, -0.2) is 32.9 Å². The van der Waals surface area contributed by atoms with Crippen molar-refractivity contribution in [1.82, 2.24) is 25.6 Å². The number of pyridine rings is 1. The van der Waals surface area contributed by atoms with Gasteiger partial charge >= 0.3 is 6.18 Å². The quantitative estimate of drug-likeness (QED) is 0.868. The summed E-state index contributed by atoms with van der Waals surface area (Å²) in [5, 5.41) is 6.11. The Labute approximate surface area is 147 Å². The Bertz CT molecular complexity index is 814. The molecule has 4 rings (SSSR count). The second-order valence-corrected chi connectivity index (χ2v) is 6.60. The lowest BCUT2D eigenvalue weighted by Gasteiger charge is -2.13. The standard InChI is InChI=1S/C17H16F3N5O/c18-17(19,20)15-2-1-9(6-21-15)12-5-11(23-8-24-12)7-22-16(26)14-4-10-3-13(10)25-14/h1-2,5-6,8,10,13-14,25H,3-4,7H2,(H,22,26)/t10-,13-,14+/m1/s1. The van der Waals surface area contributed by atoms with Crippen LogP contribution >= 0.6 is 0 Å². The number of hydrogen-bond donors (Lipinski definition) is 2. The van der Waals surface area contributed by atoms with E-state index < -0.39 is 11.9 Å². The average molecular weight is 363 g/mol. The summed E-state index contributed by atoms with van der Waals surface area (Å²) < 4.78 is 37.8. The Morgan fingerprint density at radius 2 is 2.08 bits per heavy atom. The third-order valence-electron chi connectivity index (χ3n) is 4.71. The van der Waals surface area contributed by atoms with Crippen LogP contribution in [0.25, 0.3) is 11.3 Å². The molecule has 3 atom stereocenters. The van der Waals surface area contributed by atoms with Crippen molar-refractivity contribution in [3.8, 4) is 11.3 Å². The molecule has 2 aliphatic rings. The van der Waals surface area contributed by atoms with E-state index in [9.17, 15) is 18.0 Å². The topological polar surface area (TPSA) is 79.8 Å². The molecular formula is C17H16F3N5O. The lowest BCUT2D eigenvalue weighted by Crippen LogP contribution is -2.42. The molecule has 1 amide bonds. The van der Waals surface area contributed by atoms with E-state index in [2.05, 4.69) is 25.6 Å². The number of hydrogen-bond acceptors (Lipinski definition) is 5. The predicted molar refractivity (Wildman–Crippen MR) is 85.5 cm³/mol. The molecule has 26 heavy (non-hydrogen) atoms. The van der Waals surface area contributed by atoms with Crippen molar-refractivity contribution in [2.45, 2.75) is 37.6 Å². The summed E-state index contributed by atoms with van der Waals surface area (Å²) in [6, 6.07) is 4.19. The number of piperidine rings is 1. The molecule has 2 aromatic heterocycles. The Kier molecular flexibility index (Phi) is 4.10. The molecule has 6 nitrogen and oxygen atoms in total. The molecule has 136 valence electrons. The van der Waals surface area contributed by atoms with E-state index in [1.54, 1.807) is 6.07 Å². The Hall–Kier alpha value is -2.55. The number of aromatic nitrogens is 3. The van der Waals surface area contributed by atoms with Crippen molar-refractivity contribution >= 4 is 5.91 Å². The highest BCUT2D eigenvalue weighted by Gasteiger charge is 2.47. The number of amides is 1. The average Bonchev–Trinajstić information content (AvgIpc) is 3.24. The number of carbonyl (C=O) groups is 1. The van der Waals surface area contributed by atoms with Crippen molar-refractivity contribution in [2.24, 2.45) is 5.92 Å². The van der Waals surface area contributed by atoms with Gasteiger partial charge in [0.1, 0.15) is 12.0 Å². The van der Waals surface area contributed by atoms with Gasteiger partial charge in [0.2, 0.25) is 5.91 Å². The van der Waals surface area contributed by atoms with Crippen molar-refractivity contribution in [3.63, 3.8) is 0 Å². The smallest absolute Gasteiger partial charge is 0.349 e. The lowest BCUT2D eigenvalue weighted by atomic mass is 10.1. The summed E-state index contributed by atoms with van der Waals surface area (Å²) in [6.45, 7) is 0.232. The van der Waals surface area contributed by atoms with Crippen LogP contribution in [0.3, 0.4) is 0 Å².